The molecular weight excluding hydrogens is 186 g/mol. The Labute approximate surface area is 87.6 Å². The summed E-state index contributed by atoms with van der Waals surface area (Å²) in [5, 5.41) is 0. The van der Waals surface area contributed by atoms with Gasteiger partial charge in [0.1, 0.15) is 5.69 Å². The number of fused-ring (bicyclic) bond motifs is 3. The van der Waals surface area contributed by atoms with E-state index in [1.165, 1.54) is 11.1 Å². The van der Waals surface area contributed by atoms with Crippen LogP contribution in [0.25, 0.3) is 11.3 Å². The fraction of sp³-hybridized carbons (Fsp3) is 0.0769. The standard InChI is InChI=1S/C13H9NO/c15-8-11-6-5-10-7-9-3-1-2-4-12(9)13(10)14-11/h1-6,8H,7H2. The Kier molecular flexibility index (Phi) is 1.68. The molecule has 0 fully saturated rings. The largest absolute Gasteiger partial charge is 0.296 e. The first kappa shape index (κ1) is 8.36. The Morgan fingerprint density at radius 2 is 1.93 bits per heavy atom. The van der Waals surface area contributed by atoms with Crippen LogP contribution in [-0.4, -0.2) is 11.3 Å². The van der Waals surface area contributed by atoms with Crippen molar-refractivity contribution in [2.45, 2.75) is 6.42 Å². The van der Waals surface area contributed by atoms with E-state index in [0.29, 0.717) is 5.69 Å². The van der Waals surface area contributed by atoms with E-state index in [4.69, 9.17) is 0 Å². The summed E-state index contributed by atoms with van der Waals surface area (Å²) in [6, 6.07) is 12.0. The van der Waals surface area contributed by atoms with Crippen molar-refractivity contribution in [1.82, 2.24) is 4.98 Å². The fourth-order valence-electron chi connectivity index (χ4n) is 2.06. The summed E-state index contributed by atoms with van der Waals surface area (Å²) in [6.45, 7) is 0. The summed E-state index contributed by atoms with van der Waals surface area (Å²) in [4.78, 5) is 15.0. The number of pyridine rings is 1. The van der Waals surface area contributed by atoms with Gasteiger partial charge >= 0.3 is 0 Å². The van der Waals surface area contributed by atoms with Gasteiger partial charge in [-0.1, -0.05) is 30.3 Å². The van der Waals surface area contributed by atoms with Crippen LogP contribution in [0, 0.1) is 0 Å². The van der Waals surface area contributed by atoms with Crippen molar-refractivity contribution in [2.75, 3.05) is 0 Å². The molecule has 2 heteroatoms. The molecule has 1 heterocycles. The number of hydrogen-bond acceptors (Lipinski definition) is 2. The summed E-state index contributed by atoms with van der Waals surface area (Å²) in [6.07, 6.45) is 1.72. The Bertz CT molecular complexity index is 546. The summed E-state index contributed by atoms with van der Waals surface area (Å²) in [5.74, 6) is 0. The van der Waals surface area contributed by atoms with Crippen LogP contribution in [0.5, 0.6) is 0 Å². The van der Waals surface area contributed by atoms with Crippen LogP contribution in [0.4, 0.5) is 0 Å². The SMILES string of the molecule is O=Cc1ccc2c(n1)-c1ccccc1C2. The van der Waals surface area contributed by atoms with Gasteiger partial charge in [-0.2, -0.15) is 0 Å². The molecule has 0 atom stereocenters. The van der Waals surface area contributed by atoms with Crippen LogP contribution in [0.3, 0.4) is 0 Å². The Hall–Kier alpha value is -1.96. The average Bonchev–Trinajstić information content (AvgIpc) is 2.66. The number of hydrogen-bond donors (Lipinski definition) is 0. The van der Waals surface area contributed by atoms with E-state index in [9.17, 15) is 4.79 Å². The van der Waals surface area contributed by atoms with E-state index >= 15 is 0 Å². The van der Waals surface area contributed by atoms with Gasteiger partial charge in [-0.15, -0.1) is 0 Å². The Balaban J connectivity index is 2.26. The van der Waals surface area contributed by atoms with Crippen molar-refractivity contribution in [3.05, 3.63) is 53.2 Å². The van der Waals surface area contributed by atoms with Crippen molar-refractivity contribution in [1.29, 1.82) is 0 Å². The second-order valence-electron chi connectivity index (χ2n) is 3.70. The van der Waals surface area contributed by atoms with E-state index in [1.807, 2.05) is 18.2 Å². The van der Waals surface area contributed by atoms with Crippen LogP contribution >= 0.6 is 0 Å². The summed E-state index contributed by atoms with van der Waals surface area (Å²) < 4.78 is 0. The second-order valence-corrected chi connectivity index (χ2v) is 3.70. The van der Waals surface area contributed by atoms with Gasteiger partial charge in [0.05, 0.1) is 5.69 Å². The van der Waals surface area contributed by atoms with Crippen LogP contribution in [0.15, 0.2) is 36.4 Å². The number of rotatable bonds is 1. The number of carbonyl (C=O) groups is 1. The van der Waals surface area contributed by atoms with Crippen LogP contribution < -0.4 is 0 Å². The molecule has 0 unspecified atom stereocenters. The van der Waals surface area contributed by atoms with Crippen molar-refractivity contribution in [3.8, 4) is 11.3 Å². The minimum Gasteiger partial charge on any atom is -0.296 e. The maximum absolute atomic E-state index is 10.7. The van der Waals surface area contributed by atoms with Gasteiger partial charge in [0.15, 0.2) is 6.29 Å². The minimum atomic E-state index is 0.505. The molecule has 0 saturated heterocycles. The van der Waals surface area contributed by atoms with E-state index in [0.717, 1.165) is 24.0 Å². The third kappa shape index (κ3) is 1.18. The lowest BCUT2D eigenvalue weighted by Crippen LogP contribution is -1.90. The number of aromatic nitrogens is 1. The normalized spacial score (nSPS) is 12.0. The van der Waals surface area contributed by atoms with Crippen molar-refractivity contribution in [2.24, 2.45) is 0 Å². The first-order valence-corrected chi connectivity index (χ1v) is 4.92. The quantitative estimate of drug-likeness (QED) is 0.558. The molecule has 72 valence electrons. The van der Waals surface area contributed by atoms with E-state index < -0.39 is 0 Å². The smallest absolute Gasteiger partial charge is 0.168 e. The van der Waals surface area contributed by atoms with Gasteiger partial charge < -0.3 is 0 Å². The molecule has 1 aliphatic carbocycles. The highest BCUT2D eigenvalue weighted by molar-refractivity contribution is 5.78. The lowest BCUT2D eigenvalue weighted by Gasteiger charge is -1.99. The molecule has 3 rings (SSSR count). The van der Waals surface area contributed by atoms with Gasteiger partial charge in [-0.3, -0.25) is 4.79 Å². The number of carbonyl (C=O) groups excluding carboxylic acids is 1. The van der Waals surface area contributed by atoms with Crippen molar-refractivity contribution < 1.29 is 4.79 Å². The minimum absolute atomic E-state index is 0.505. The van der Waals surface area contributed by atoms with Gasteiger partial charge in [-0.05, 0) is 17.2 Å². The first-order chi connectivity index (χ1) is 7.38. The van der Waals surface area contributed by atoms with E-state index in [-0.39, 0.29) is 0 Å². The predicted octanol–water partition coefficient (Wildman–Crippen LogP) is 2.47. The van der Waals surface area contributed by atoms with Gasteiger partial charge in [-0.25, -0.2) is 4.98 Å². The van der Waals surface area contributed by atoms with Gasteiger partial charge in [0.2, 0.25) is 0 Å². The van der Waals surface area contributed by atoms with Crippen LogP contribution in [0.1, 0.15) is 21.6 Å². The highest BCUT2D eigenvalue weighted by Gasteiger charge is 2.18. The highest BCUT2D eigenvalue weighted by atomic mass is 16.1. The lowest BCUT2D eigenvalue weighted by molar-refractivity contribution is 0.111. The Morgan fingerprint density at radius 3 is 2.80 bits per heavy atom. The molecule has 0 spiro atoms. The Morgan fingerprint density at radius 1 is 1.07 bits per heavy atom. The summed E-state index contributed by atoms with van der Waals surface area (Å²) in [7, 11) is 0. The molecule has 0 bridgehead atoms. The predicted molar refractivity (Wildman–Crippen MR) is 57.9 cm³/mol. The molecule has 0 saturated carbocycles. The fourth-order valence-corrected chi connectivity index (χ4v) is 2.06. The molecule has 0 aliphatic heterocycles. The molecule has 1 aromatic heterocycles. The molecule has 0 radical (unpaired) electrons. The molecule has 2 aromatic rings. The van der Waals surface area contributed by atoms with E-state index in [2.05, 4.69) is 17.1 Å². The number of benzene rings is 1. The van der Waals surface area contributed by atoms with E-state index in [1.54, 1.807) is 6.07 Å². The van der Waals surface area contributed by atoms with Crippen molar-refractivity contribution >= 4 is 6.29 Å². The topological polar surface area (TPSA) is 30.0 Å². The highest BCUT2D eigenvalue weighted by Crippen LogP contribution is 2.34. The van der Waals surface area contributed by atoms with Gasteiger partial charge in [0, 0.05) is 12.0 Å². The average molecular weight is 195 g/mol. The van der Waals surface area contributed by atoms with Crippen LogP contribution in [-0.2, 0) is 6.42 Å². The zero-order valence-electron chi connectivity index (χ0n) is 8.10. The molecule has 0 amide bonds. The number of aldehydes is 1. The number of nitrogens with zero attached hydrogens (tertiary/aromatic N) is 1. The molecule has 2 nitrogen and oxygen atoms in total. The zero-order chi connectivity index (χ0) is 10.3. The molecule has 1 aromatic carbocycles. The van der Waals surface area contributed by atoms with Crippen LogP contribution in [0.2, 0.25) is 0 Å². The summed E-state index contributed by atoms with van der Waals surface area (Å²) >= 11 is 0. The van der Waals surface area contributed by atoms with Gasteiger partial charge in [0.25, 0.3) is 0 Å². The lowest BCUT2D eigenvalue weighted by atomic mass is 10.1. The third-order valence-electron chi connectivity index (χ3n) is 2.77. The first-order valence-electron chi connectivity index (χ1n) is 4.92. The zero-order valence-corrected chi connectivity index (χ0v) is 8.10. The maximum Gasteiger partial charge on any atom is 0.168 e. The monoisotopic (exact) mass is 195 g/mol. The third-order valence-corrected chi connectivity index (χ3v) is 2.77. The molecule has 0 N–H and O–H groups in total. The van der Waals surface area contributed by atoms with Crippen molar-refractivity contribution in [3.63, 3.8) is 0 Å². The molecular formula is C13H9NO. The maximum atomic E-state index is 10.7. The molecule has 15 heavy (non-hydrogen) atoms. The second kappa shape index (κ2) is 3.02. The molecule has 1 aliphatic rings. The summed E-state index contributed by atoms with van der Waals surface area (Å²) in [5.41, 5.74) is 5.14.